The van der Waals surface area contributed by atoms with E-state index in [-0.39, 0.29) is 11.4 Å². The van der Waals surface area contributed by atoms with Crippen LogP contribution in [0.15, 0.2) is 36.5 Å². The van der Waals surface area contributed by atoms with Crippen LogP contribution in [0, 0.1) is 6.92 Å². The largest absolute Gasteiger partial charge is 0.433 e. The number of nitrogens with one attached hydrogen (secondary N) is 2. The molecule has 8 nitrogen and oxygen atoms in total. The van der Waals surface area contributed by atoms with Crippen molar-refractivity contribution >= 4 is 17.6 Å². The van der Waals surface area contributed by atoms with Crippen LogP contribution in [0.4, 0.5) is 30.8 Å². The third-order valence-corrected chi connectivity index (χ3v) is 3.21. The van der Waals surface area contributed by atoms with Crippen molar-refractivity contribution in [2.75, 3.05) is 17.1 Å². The molecule has 3 rings (SSSR count). The molecule has 0 amide bonds. The van der Waals surface area contributed by atoms with Gasteiger partial charge >= 0.3 is 6.18 Å². The highest BCUT2D eigenvalue weighted by atomic mass is 19.4. The van der Waals surface area contributed by atoms with E-state index in [0.29, 0.717) is 6.07 Å². The highest BCUT2D eigenvalue weighted by Gasteiger charge is 2.32. The van der Waals surface area contributed by atoms with Crippen LogP contribution < -0.4 is 10.6 Å². The number of aromatic nitrogens is 5. The van der Waals surface area contributed by atoms with Gasteiger partial charge in [0.05, 0.1) is 12.5 Å². The molecular formula is C19H20F3N7O. The number of halogens is 3. The van der Waals surface area contributed by atoms with Gasteiger partial charge in [-0.1, -0.05) is 6.07 Å². The molecule has 0 atom stereocenters. The number of hydrogen-bond acceptors (Lipinski definition) is 8. The number of anilines is 3. The van der Waals surface area contributed by atoms with E-state index in [4.69, 9.17) is 15.1 Å². The second-order valence-corrected chi connectivity index (χ2v) is 5.73. The molecule has 3 heterocycles. The Morgan fingerprint density at radius 2 is 1.93 bits per heavy atom. The average Bonchev–Trinajstić information content (AvgIpc) is 2.82. The topological polar surface area (TPSA) is 109 Å². The summed E-state index contributed by atoms with van der Waals surface area (Å²) in [7, 11) is 0. The first-order valence-electron chi connectivity index (χ1n) is 13.5. The van der Waals surface area contributed by atoms with Crippen LogP contribution in [0.3, 0.4) is 0 Å². The summed E-state index contributed by atoms with van der Waals surface area (Å²) in [5.74, 6) is -2.30. The van der Waals surface area contributed by atoms with Gasteiger partial charge in [0.1, 0.15) is 11.4 Å². The van der Waals surface area contributed by atoms with E-state index in [2.05, 4.69) is 30.2 Å². The van der Waals surface area contributed by atoms with Crippen LogP contribution >= 0.6 is 0 Å². The van der Waals surface area contributed by atoms with Gasteiger partial charge < -0.3 is 15.7 Å². The van der Waals surface area contributed by atoms with Crippen molar-refractivity contribution in [3.63, 3.8) is 0 Å². The van der Waals surface area contributed by atoms with Gasteiger partial charge in [-0.2, -0.15) is 28.1 Å². The minimum Gasteiger partial charge on any atom is -0.389 e. The fourth-order valence-electron chi connectivity index (χ4n) is 2.05. The van der Waals surface area contributed by atoms with Gasteiger partial charge in [0.2, 0.25) is 11.9 Å². The predicted molar refractivity (Wildman–Crippen MR) is 105 cm³/mol. The third-order valence-electron chi connectivity index (χ3n) is 3.21. The van der Waals surface area contributed by atoms with Crippen LogP contribution in [0.25, 0.3) is 11.5 Å². The molecule has 3 N–H and O–H groups in total. The number of hydrogen-bond donors (Lipinski definition) is 3. The van der Waals surface area contributed by atoms with Gasteiger partial charge in [-0.05, 0) is 44.8 Å². The zero-order valence-corrected chi connectivity index (χ0v) is 15.0. The maximum atomic E-state index is 13.3. The van der Waals surface area contributed by atoms with E-state index < -0.39 is 79.3 Å². The van der Waals surface area contributed by atoms with E-state index in [1.165, 1.54) is 6.92 Å². The van der Waals surface area contributed by atoms with Crippen molar-refractivity contribution in [1.82, 2.24) is 24.9 Å². The molecule has 11 heteroatoms. The quantitative estimate of drug-likeness (QED) is 0.545. The molecule has 158 valence electrons. The molecule has 3 aromatic heterocycles. The van der Waals surface area contributed by atoms with E-state index in [9.17, 15) is 18.3 Å². The summed E-state index contributed by atoms with van der Waals surface area (Å²) in [5.41, 5.74) is -6.34. The standard InChI is InChI=1S/C19H20F3N7O/c1-11-9-12(7-8-23-11)25-17-28-15(27-16(29-17)24-10-18(2,3)30)13-5-4-6-14(26-13)19(20,21)22/h4-9,30H,10H2,1-3H3,(H2,23,24,25,27,28,29)/i2D3,3D3,7D,8D,9D,10D2. The maximum Gasteiger partial charge on any atom is 0.433 e. The molecular weight excluding hydrogens is 399 g/mol. The van der Waals surface area contributed by atoms with E-state index in [0.717, 1.165) is 12.1 Å². The molecule has 3 aromatic rings. The molecule has 0 fully saturated rings. The van der Waals surface area contributed by atoms with Gasteiger partial charge in [-0.3, -0.25) is 4.98 Å². The smallest absolute Gasteiger partial charge is 0.389 e. The Morgan fingerprint density at radius 3 is 2.67 bits per heavy atom. The fourth-order valence-corrected chi connectivity index (χ4v) is 2.05. The molecule has 0 aliphatic heterocycles. The lowest BCUT2D eigenvalue weighted by molar-refractivity contribution is -0.141. The molecule has 0 saturated heterocycles. The van der Waals surface area contributed by atoms with Gasteiger partial charge in [0.15, 0.2) is 5.82 Å². The Balaban J connectivity index is 2.24. The maximum absolute atomic E-state index is 13.3. The van der Waals surface area contributed by atoms with Crippen molar-refractivity contribution in [2.45, 2.75) is 32.4 Å². The summed E-state index contributed by atoms with van der Waals surface area (Å²) < 4.78 is 125. The van der Waals surface area contributed by atoms with Crippen molar-refractivity contribution < 1.29 is 33.4 Å². The predicted octanol–water partition coefficient (Wildman–Crippen LogP) is 3.58. The number of alkyl halides is 3. The first-order chi connectivity index (χ1) is 18.5. The number of nitrogens with zero attached hydrogens (tertiary/aromatic N) is 5. The number of pyridine rings is 2. The molecule has 0 bridgehead atoms. The highest BCUT2D eigenvalue weighted by Crippen LogP contribution is 2.29. The molecule has 0 spiro atoms. The lowest BCUT2D eigenvalue weighted by Gasteiger charge is -2.18. The summed E-state index contributed by atoms with van der Waals surface area (Å²) in [6, 6.07) is 1.64. The van der Waals surface area contributed by atoms with Crippen LogP contribution in [0.2, 0.25) is 0 Å². The van der Waals surface area contributed by atoms with Crippen LogP contribution in [0.5, 0.6) is 0 Å². The highest BCUT2D eigenvalue weighted by molar-refractivity contribution is 5.59. The summed E-state index contributed by atoms with van der Waals surface area (Å²) in [5, 5.41) is 14.8. The average molecular weight is 430 g/mol. The van der Waals surface area contributed by atoms with Gasteiger partial charge in [-0.15, -0.1) is 0 Å². The van der Waals surface area contributed by atoms with Crippen molar-refractivity contribution in [2.24, 2.45) is 0 Å². The Hall–Kier alpha value is -3.34. The molecule has 0 aliphatic carbocycles. The molecule has 0 aliphatic rings. The Bertz CT molecular complexity index is 1430. The molecule has 0 saturated carbocycles. The first kappa shape index (κ1) is 11.2. The molecule has 0 unspecified atom stereocenters. The fraction of sp³-hybridized carbons (Fsp3) is 0.316. The van der Waals surface area contributed by atoms with Crippen LogP contribution in [0.1, 0.15) is 40.2 Å². The first-order valence-corrected chi connectivity index (χ1v) is 8.02. The van der Waals surface area contributed by atoms with Crippen molar-refractivity contribution in [3.05, 3.63) is 47.8 Å². The molecule has 30 heavy (non-hydrogen) atoms. The Labute approximate surface area is 186 Å². The Morgan fingerprint density at radius 1 is 1.17 bits per heavy atom. The van der Waals surface area contributed by atoms with E-state index in [1.54, 1.807) is 5.32 Å². The second-order valence-electron chi connectivity index (χ2n) is 5.73. The number of aliphatic hydroxyl groups is 1. The Kier molecular flexibility index (Phi) is 3.05. The zero-order chi connectivity index (χ0) is 31.3. The number of aryl methyl sites for hydroxylation is 1. The summed E-state index contributed by atoms with van der Waals surface area (Å²) in [4.78, 5) is 18.5. The molecule has 0 radical (unpaired) electrons. The molecule has 0 aromatic carbocycles. The van der Waals surface area contributed by atoms with E-state index in [1.807, 2.05) is 0 Å². The normalized spacial score (nSPS) is 18.6. The van der Waals surface area contributed by atoms with Crippen LogP contribution in [-0.4, -0.2) is 42.1 Å². The minimum absolute atomic E-state index is 0.00238. The van der Waals surface area contributed by atoms with Gasteiger partial charge in [0.25, 0.3) is 0 Å². The monoisotopic (exact) mass is 430 g/mol. The second kappa shape index (κ2) is 8.19. The minimum atomic E-state index is -4.89. The van der Waals surface area contributed by atoms with Crippen LogP contribution in [-0.2, 0) is 6.18 Å². The summed E-state index contributed by atoms with van der Waals surface area (Å²) >= 11 is 0. The van der Waals surface area contributed by atoms with Crippen molar-refractivity contribution in [1.29, 1.82) is 0 Å². The van der Waals surface area contributed by atoms with E-state index >= 15 is 0 Å². The number of rotatable bonds is 6. The lowest BCUT2D eigenvalue weighted by atomic mass is 10.1. The third kappa shape index (κ3) is 5.83. The lowest BCUT2D eigenvalue weighted by Crippen LogP contribution is -2.30. The summed E-state index contributed by atoms with van der Waals surface area (Å²) in [6.45, 7) is -10.1. The van der Waals surface area contributed by atoms with Gasteiger partial charge in [-0.25, -0.2) is 4.98 Å². The zero-order valence-electron chi connectivity index (χ0n) is 26.0. The van der Waals surface area contributed by atoms with Gasteiger partial charge in [0, 0.05) is 32.3 Å². The summed E-state index contributed by atoms with van der Waals surface area (Å²) in [6.07, 6.45) is -5.46. The SMILES string of the molecule is [2H]c1nc(C)c([2H])c(Nc2nc(NC([2H])([2H])C(O)(C([2H])([2H])[2H])C([2H])([2H])[2H])nc(-c3cccc(C(F)(F)F)n3)n2)c1[2H]. The van der Waals surface area contributed by atoms with Crippen molar-refractivity contribution in [3.8, 4) is 11.5 Å².